The molecule has 1 amide bonds. The van der Waals surface area contributed by atoms with Crippen LogP contribution < -0.4 is 5.32 Å². The van der Waals surface area contributed by atoms with Gasteiger partial charge in [-0.1, -0.05) is 46.3 Å². The normalized spacial score (nSPS) is 10.7. The Kier molecular flexibility index (Phi) is 4.67. The van der Waals surface area contributed by atoms with Gasteiger partial charge in [-0.3, -0.25) is 9.59 Å². The van der Waals surface area contributed by atoms with Gasteiger partial charge in [0, 0.05) is 6.92 Å². The van der Waals surface area contributed by atoms with E-state index in [1.807, 2.05) is 0 Å². The number of benzene rings is 1. The molecule has 2 rings (SSSR count). The highest BCUT2D eigenvalue weighted by molar-refractivity contribution is 8.14. The first kappa shape index (κ1) is 14.6. The monoisotopic (exact) mass is 334 g/mol. The molecule has 4 nitrogen and oxygen atoms in total. The van der Waals surface area contributed by atoms with Crippen LogP contribution in [0.4, 0.5) is 5.13 Å². The van der Waals surface area contributed by atoms with E-state index >= 15 is 0 Å². The molecule has 100 valence electrons. The van der Waals surface area contributed by atoms with Crippen LogP contribution in [-0.4, -0.2) is 21.8 Å². The Morgan fingerprint density at radius 2 is 2.05 bits per heavy atom. The summed E-state index contributed by atoms with van der Waals surface area (Å²) in [5.41, 5.74) is 0.564. The lowest BCUT2D eigenvalue weighted by Gasteiger charge is -1.98. The molecule has 8 heteroatoms. The zero-order valence-corrected chi connectivity index (χ0v) is 12.8. The fourth-order valence-electron chi connectivity index (χ4n) is 1.32. The van der Waals surface area contributed by atoms with Gasteiger partial charge in [0.05, 0.1) is 20.5 Å². The zero-order valence-electron chi connectivity index (χ0n) is 9.70. The van der Waals surface area contributed by atoms with E-state index in [0.29, 0.717) is 20.7 Å². The van der Waals surface area contributed by atoms with E-state index in [2.05, 4.69) is 10.3 Å². The van der Waals surface area contributed by atoms with Gasteiger partial charge in [-0.25, -0.2) is 4.98 Å². The molecule has 1 aromatic carbocycles. The second-order valence-electron chi connectivity index (χ2n) is 3.55. The number of nitrogens with zero attached hydrogens (tertiary/aromatic N) is 1. The Labute approximate surface area is 127 Å². The van der Waals surface area contributed by atoms with Crippen molar-refractivity contribution in [2.45, 2.75) is 6.92 Å². The summed E-state index contributed by atoms with van der Waals surface area (Å²) in [6, 6.07) is 3.34. The largest absolute Gasteiger partial charge is 0.301 e. The molecule has 19 heavy (non-hydrogen) atoms. The number of anilines is 1. The fourth-order valence-corrected chi connectivity index (χ4v) is 3.16. The summed E-state index contributed by atoms with van der Waals surface area (Å²) in [7, 11) is 0. The van der Waals surface area contributed by atoms with E-state index in [1.165, 1.54) is 18.3 Å². The molecule has 0 unspecified atom stereocenters. The van der Waals surface area contributed by atoms with Crippen LogP contribution in [0.25, 0.3) is 10.2 Å². The van der Waals surface area contributed by atoms with Gasteiger partial charge in [-0.05, 0) is 12.1 Å². The molecule has 1 aromatic heterocycles. The molecule has 0 fully saturated rings. The second kappa shape index (κ2) is 6.09. The average Bonchev–Trinajstić information content (AvgIpc) is 2.76. The Hall–Kier alpha value is -0.820. The number of hydrogen-bond donors (Lipinski definition) is 1. The minimum Gasteiger partial charge on any atom is -0.301 e. The Bertz CT molecular complexity index is 618. The first-order valence-corrected chi connectivity index (χ1v) is 7.71. The number of thiazole rings is 1. The van der Waals surface area contributed by atoms with Gasteiger partial charge in [0.2, 0.25) is 5.91 Å². The number of carbonyl (C=O) groups excluding carboxylic acids is 2. The molecule has 2 aromatic rings. The molecule has 0 saturated heterocycles. The third kappa shape index (κ3) is 3.60. The van der Waals surface area contributed by atoms with Crippen molar-refractivity contribution < 1.29 is 9.59 Å². The topological polar surface area (TPSA) is 59.1 Å². The highest BCUT2D eigenvalue weighted by Gasteiger charge is 2.13. The number of carbonyl (C=O) groups is 2. The summed E-state index contributed by atoms with van der Waals surface area (Å²) in [4.78, 5) is 26.6. The second-order valence-corrected chi connectivity index (χ2v) is 6.52. The van der Waals surface area contributed by atoms with Gasteiger partial charge in [-0.2, -0.15) is 0 Å². The summed E-state index contributed by atoms with van der Waals surface area (Å²) in [5.74, 6) is -0.223. The Morgan fingerprint density at radius 3 is 2.68 bits per heavy atom. The number of thioether (sulfide) groups is 1. The molecule has 0 radical (unpaired) electrons. The molecule has 0 saturated carbocycles. The lowest BCUT2D eigenvalue weighted by atomic mass is 10.3. The van der Waals surface area contributed by atoms with E-state index in [-0.39, 0.29) is 16.8 Å². The summed E-state index contributed by atoms with van der Waals surface area (Å²) < 4.78 is 0.726. The molecule has 0 atom stereocenters. The zero-order chi connectivity index (χ0) is 14.0. The molecule has 0 aliphatic rings. The van der Waals surface area contributed by atoms with E-state index in [0.717, 1.165) is 16.5 Å². The predicted octanol–water partition coefficient (Wildman–Crippen LogP) is 3.82. The van der Waals surface area contributed by atoms with E-state index in [9.17, 15) is 9.59 Å². The number of nitrogens with one attached hydrogen (secondary N) is 1. The van der Waals surface area contributed by atoms with E-state index < -0.39 is 0 Å². The summed E-state index contributed by atoms with van der Waals surface area (Å²) in [6.45, 7) is 1.41. The van der Waals surface area contributed by atoms with Crippen LogP contribution in [-0.2, 0) is 9.59 Å². The first-order valence-electron chi connectivity index (χ1n) is 5.15. The van der Waals surface area contributed by atoms with Crippen molar-refractivity contribution in [2.24, 2.45) is 0 Å². The molecule has 0 aliphatic carbocycles. The van der Waals surface area contributed by atoms with Crippen LogP contribution in [0.3, 0.4) is 0 Å². The fraction of sp³-hybridized carbons (Fsp3) is 0.182. The third-order valence-electron chi connectivity index (χ3n) is 2.10. The van der Waals surface area contributed by atoms with Crippen LogP contribution >= 0.6 is 46.3 Å². The molecule has 0 spiro atoms. The van der Waals surface area contributed by atoms with Crippen molar-refractivity contribution >= 4 is 72.7 Å². The van der Waals surface area contributed by atoms with Gasteiger partial charge in [0.15, 0.2) is 10.2 Å². The number of amides is 1. The average molecular weight is 335 g/mol. The van der Waals surface area contributed by atoms with Crippen LogP contribution in [0.5, 0.6) is 0 Å². The van der Waals surface area contributed by atoms with Gasteiger partial charge in [0.1, 0.15) is 5.52 Å². The maximum absolute atomic E-state index is 11.6. The molecular formula is C11H8Cl2N2O2S2. The number of halogens is 2. The van der Waals surface area contributed by atoms with E-state index in [1.54, 1.807) is 12.1 Å². The quantitative estimate of drug-likeness (QED) is 0.926. The number of aromatic nitrogens is 1. The molecule has 1 heterocycles. The van der Waals surface area contributed by atoms with Crippen LogP contribution in [0, 0.1) is 0 Å². The minimum atomic E-state index is -0.286. The lowest BCUT2D eigenvalue weighted by Crippen LogP contribution is -2.14. The van der Waals surface area contributed by atoms with Gasteiger partial charge in [-0.15, -0.1) is 0 Å². The standard InChI is InChI=1S/C11H8Cl2N2O2S2/c1-5(16)18-4-8(17)14-11-15-9-6(12)2-3-7(13)10(9)19-11/h2-3H,4H2,1H3,(H,14,15,17). The molecular weight excluding hydrogens is 327 g/mol. The third-order valence-corrected chi connectivity index (χ3v) is 4.65. The SMILES string of the molecule is CC(=O)SCC(=O)Nc1nc2c(Cl)ccc(Cl)c2s1. The van der Waals surface area contributed by atoms with E-state index in [4.69, 9.17) is 23.2 Å². The van der Waals surface area contributed by atoms with Crippen LogP contribution in [0.2, 0.25) is 10.0 Å². The number of rotatable bonds is 3. The molecule has 0 bridgehead atoms. The Balaban J connectivity index is 2.18. The number of hydrogen-bond acceptors (Lipinski definition) is 5. The summed E-state index contributed by atoms with van der Waals surface area (Å²) >= 11 is 14.2. The maximum atomic E-state index is 11.6. The van der Waals surface area contributed by atoms with Gasteiger partial charge < -0.3 is 5.32 Å². The lowest BCUT2D eigenvalue weighted by molar-refractivity contribution is -0.114. The van der Waals surface area contributed by atoms with Crippen molar-refractivity contribution in [1.29, 1.82) is 0 Å². The Morgan fingerprint density at radius 1 is 1.37 bits per heavy atom. The number of fused-ring (bicyclic) bond motifs is 1. The summed E-state index contributed by atoms with van der Waals surface area (Å²) in [5, 5.41) is 3.95. The highest BCUT2D eigenvalue weighted by Crippen LogP contribution is 2.35. The highest BCUT2D eigenvalue weighted by atomic mass is 35.5. The van der Waals surface area contributed by atoms with Crippen molar-refractivity contribution in [3.8, 4) is 0 Å². The minimum absolute atomic E-state index is 0.0622. The predicted molar refractivity (Wildman–Crippen MR) is 81.4 cm³/mol. The maximum Gasteiger partial charge on any atom is 0.236 e. The van der Waals surface area contributed by atoms with Crippen LogP contribution in [0.1, 0.15) is 6.92 Å². The molecule has 0 aliphatic heterocycles. The summed E-state index contributed by atoms with van der Waals surface area (Å²) in [6.07, 6.45) is 0. The van der Waals surface area contributed by atoms with Crippen molar-refractivity contribution in [2.75, 3.05) is 11.1 Å². The van der Waals surface area contributed by atoms with Crippen molar-refractivity contribution in [1.82, 2.24) is 4.98 Å². The van der Waals surface area contributed by atoms with Crippen LogP contribution in [0.15, 0.2) is 12.1 Å². The van der Waals surface area contributed by atoms with Gasteiger partial charge >= 0.3 is 0 Å². The first-order chi connectivity index (χ1) is 8.97. The van der Waals surface area contributed by atoms with Gasteiger partial charge in [0.25, 0.3) is 0 Å². The van der Waals surface area contributed by atoms with Crippen molar-refractivity contribution in [3.05, 3.63) is 22.2 Å². The smallest absolute Gasteiger partial charge is 0.236 e. The molecule has 1 N–H and O–H groups in total. The van der Waals surface area contributed by atoms with Crippen molar-refractivity contribution in [3.63, 3.8) is 0 Å².